The van der Waals surface area contributed by atoms with E-state index >= 15 is 0 Å². The van der Waals surface area contributed by atoms with E-state index in [9.17, 15) is 0 Å². The second-order valence-electron chi connectivity index (χ2n) is 4.47. The number of aliphatic hydroxyl groups excluding tert-OH is 1. The summed E-state index contributed by atoms with van der Waals surface area (Å²) in [6, 6.07) is 10.2. The summed E-state index contributed by atoms with van der Waals surface area (Å²) in [4.78, 5) is 0. The molecule has 3 nitrogen and oxygen atoms in total. The first-order valence-corrected chi connectivity index (χ1v) is 6.26. The van der Waals surface area contributed by atoms with Crippen molar-refractivity contribution in [2.24, 2.45) is 0 Å². The number of hydrogen-bond acceptors (Lipinski definition) is 3. The highest BCUT2D eigenvalue weighted by atomic mass is 16.5. The molecule has 2 atom stereocenters. The van der Waals surface area contributed by atoms with Gasteiger partial charge in [-0.1, -0.05) is 30.3 Å². The molecule has 1 saturated heterocycles. The van der Waals surface area contributed by atoms with Gasteiger partial charge in [0.05, 0.1) is 25.4 Å². The van der Waals surface area contributed by atoms with Gasteiger partial charge >= 0.3 is 0 Å². The minimum Gasteiger partial charge on any atom is -0.394 e. The van der Waals surface area contributed by atoms with Crippen LogP contribution in [-0.2, 0) is 16.1 Å². The highest BCUT2D eigenvalue weighted by Crippen LogP contribution is 2.21. The highest BCUT2D eigenvalue weighted by molar-refractivity contribution is 5.13. The minimum absolute atomic E-state index is 0.0501. The Morgan fingerprint density at radius 2 is 1.94 bits per heavy atom. The lowest BCUT2D eigenvalue weighted by Gasteiger charge is -2.12. The highest BCUT2D eigenvalue weighted by Gasteiger charge is 2.23. The summed E-state index contributed by atoms with van der Waals surface area (Å²) in [6.45, 7) is 1.52. The summed E-state index contributed by atoms with van der Waals surface area (Å²) in [5.74, 6) is 0. The van der Waals surface area contributed by atoms with Crippen LogP contribution in [-0.4, -0.2) is 30.5 Å². The number of rotatable bonds is 6. The predicted molar refractivity (Wildman–Crippen MR) is 65.7 cm³/mol. The summed E-state index contributed by atoms with van der Waals surface area (Å²) in [7, 11) is 0. The van der Waals surface area contributed by atoms with Gasteiger partial charge in [0.25, 0.3) is 0 Å². The summed E-state index contributed by atoms with van der Waals surface area (Å²) in [5.41, 5.74) is 1.20. The monoisotopic (exact) mass is 236 g/mol. The lowest BCUT2D eigenvalue weighted by atomic mass is 10.1. The maximum absolute atomic E-state index is 8.95. The van der Waals surface area contributed by atoms with E-state index in [4.69, 9.17) is 14.6 Å². The van der Waals surface area contributed by atoms with Gasteiger partial charge in [0, 0.05) is 6.61 Å². The van der Waals surface area contributed by atoms with Crippen molar-refractivity contribution in [1.82, 2.24) is 0 Å². The van der Waals surface area contributed by atoms with Gasteiger partial charge in [-0.05, 0) is 24.8 Å². The minimum atomic E-state index is 0.0501. The maximum Gasteiger partial charge on any atom is 0.0810 e. The molecule has 2 unspecified atom stereocenters. The number of ether oxygens (including phenoxy) is 2. The molecule has 2 rings (SSSR count). The van der Waals surface area contributed by atoms with Gasteiger partial charge in [0.1, 0.15) is 0 Å². The van der Waals surface area contributed by atoms with E-state index in [1.807, 2.05) is 18.2 Å². The lowest BCUT2D eigenvalue weighted by molar-refractivity contribution is -0.00645. The fourth-order valence-electron chi connectivity index (χ4n) is 2.11. The van der Waals surface area contributed by atoms with Gasteiger partial charge < -0.3 is 14.6 Å². The van der Waals surface area contributed by atoms with E-state index in [1.165, 1.54) is 5.56 Å². The Kier molecular flexibility index (Phi) is 4.98. The number of benzene rings is 1. The van der Waals surface area contributed by atoms with Gasteiger partial charge in [-0.25, -0.2) is 0 Å². The van der Waals surface area contributed by atoms with Crippen LogP contribution in [0.3, 0.4) is 0 Å². The molecule has 0 amide bonds. The third-order valence-electron chi connectivity index (χ3n) is 3.09. The molecule has 1 aromatic rings. The third kappa shape index (κ3) is 4.11. The van der Waals surface area contributed by atoms with Gasteiger partial charge in [0.15, 0.2) is 0 Å². The van der Waals surface area contributed by atoms with E-state index in [0.717, 1.165) is 25.9 Å². The van der Waals surface area contributed by atoms with Crippen molar-refractivity contribution in [3.05, 3.63) is 35.9 Å². The van der Waals surface area contributed by atoms with Gasteiger partial charge in [-0.3, -0.25) is 0 Å². The average Bonchev–Trinajstić information content (AvgIpc) is 2.84. The molecule has 0 spiro atoms. The Hall–Kier alpha value is -0.900. The first-order chi connectivity index (χ1) is 8.38. The molecule has 1 heterocycles. The zero-order valence-corrected chi connectivity index (χ0v) is 10.0. The second kappa shape index (κ2) is 6.74. The molecule has 1 N–H and O–H groups in total. The molecule has 0 saturated carbocycles. The summed E-state index contributed by atoms with van der Waals surface area (Å²) in [5, 5.41) is 8.95. The summed E-state index contributed by atoms with van der Waals surface area (Å²) < 4.78 is 11.2. The second-order valence-corrected chi connectivity index (χ2v) is 4.47. The number of hydrogen-bond donors (Lipinski definition) is 1. The Morgan fingerprint density at radius 3 is 2.65 bits per heavy atom. The summed E-state index contributed by atoms with van der Waals surface area (Å²) in [6.07, 6.45) is 3.25. The van der Waals surface area contributed by atoms with Crippen molar-refractivity contribution in [1.29, 1.82) is 0 Å². The first kappa shape index (κ1) is 12.6. The van der Waals surface area contributed by atoms with Gasteiger partial charge in [-0.2, -0.15) is 0 Å². The number of aliphatic hydroxyl groups is 1. The van der Waals surface area contributed by atoms with Crippen molar-refractivity contribution in [3.63, 3.8) is 0 Å². The fourth-order valence-corrected chi connectivity index (χ4v) is 2.11. The van der Waals surface area contributed by atoms with Gasteiger partial charge in [-0.15, -0.1) is 0 Å². The van der Waals surface area contributed by atoms with E-state index < -0.39 is 0 Å². The van der Waals surface area contributed by atoms with Crippen molar-refractivity contribution < 1.29 is 14.6 Å². The molecule has 1 fully saturated rings. The molecule has 0 aliphatic carbocycles. The van der Waals surface area contributed by atoms with E-state index in [0.29, 0.717) is 6.61 Å². The Balaban J connectivity index is 1.58. The smallest absolute Gasteiger partial charge is 0.0810 e. The SMILES string of the molecule is OCC1CCC(CCOCc2ccccc2)O1. The zero-order valence-electron chi connectivity index (χ0n) is 10.0. The zero-order chi connectivity index (χ0) is 11.9. The largest absolute Gasteiger partial charge is 0.394 e. The standard InChI is InChI=1S/C14H20O3/c15-10-14-7-6-13(17-14)8-9-16-11-12-4-2-1-3-5-12/h1-5,13-15H,6-11H2. The third-order valence-corrected chi connectivity index (χ3v) is 3.09. The quantitative estimate of drug-likeness (QED) is 0.769. The molecule has 0 radical (unpaired) electrons. The van der Waals surface area contributed by atoms with Crippen LogP contribution < -0.4 is 0 Å². The van der Waals surface area contributed by atoms with Crippen LogP contribution in [0.15, 0.2) is 30.3 Å². The van der Waals surface area contributed by atoms with Crippen LogP contribution in [0.5, 0.6) is 0 Å². The molecule has 17 heavy (non-hydrogen) atoms. The molecule has 94 valence electrons. The van der Waals surface area contributed by atoms with E-state index in [1.54, 1.807) is 0 Å². The van der Waals surface area contributed by atoms with Crippen LogP contribution in [0, 0.1) is 0 Å². The Labute approximate surface area is 102 Å². The van der Waals surface area contributed by atoms with Crippen LogP contribution >= 0.6 is 0 Å². The molecule has 1 aliphatic heterocycles. The van der Waals surface area contributed by atoms with Crippen molar-refractivity contribution >= 4 is 0 Å². The van der Waals surface area contributed by atoms with Crippen LogP contribution in [0.1, 0.15) is 24.8 Å². The summed E-state index contributed by atoms with van der Waals surface area (Å²) >= 11 is 0. The molecule has 0 bridgehead atoms. The molecule has 1 aromatic carbocycles. The molecule has 3 heteroatoms. The normalized spacial score (nSPS) is 24.1. The van der Waals surface area contributed by atoms with Crippen molar-refractivity contribution in [2.45, 2.75) is 38.1 Å². The molecule has 0 aromatic heterocycles. The molecular formula is C14H20O3. The van der Waals surface area contributed by atoms with E-state index in [-0.39, 0.29) is 18.8 Å². The van der Waals surface area contributed by atoms with Crippen molar-refractivity contribution in [3.8, 4) is 0 Å². The lowest BCUT2D eigenvalue weighted by Crippen LogP contribution is -2.15. The van der Waals surface area contributed by atoms with Crippen LogP contribution in [0.4, 0.5) is 0 Å². The molecular weight excluding hydrogens is 216 g/mol. The topological polar surface area (TPSA) is 38.7 Å². The Bertz CT molecular complexity index is 313. The fraction of sp³-hybridized carbons (Fsp3) is 0.571. The van der Waals surface area contributed by atoms with Crippen molar-refractivity contribution in [2.75, 3.05) is 13.2 Å². The Morgan fingerprint density at radius 1 is 1.18 bits per heavy atom. The maximum atomic E-state index is 8.95. The average molecular weight is 236 g/mol. The predicted octanol–water partition coefficient (Wildman–Crippen LogP) is 2.13. The first-order valence-electron chi connectivity index (χ1n) is 6.26. The van der Waals surface area contributed by atoms with Crippen LogP contribution in [0.25, 0.3) is 0 Å². The van der Waals surface area contributed by atoms with Crippen LogP contribution in [0.2, 0.25) is 0 Å². The molecule has 1 aliphatic rings. The van der Waals surface area contributed by atoms with Gasteiger partial charge in [0.2, 0.25) is 0 Å². The van der Waals surface area contributed by atoms with E-state index in [2.05, 4.69) is 12.1 Å².